The van der Waals surface area contributed by atoms with E-state index in [-0.39, 0.29) is 10.6 Å². The molecule has 0 amide bonds. The van der Waals surface area contributed by atoms with E-state index in [2.05, 4.69) is 9.71 Å². The molecule has 5 heteroatoms. The molecule has 1 aliphatic heterocycles. The summed E-state index contributed by atoms with van der Waals surface area (Å²) in [6.45, 7) is -2.57. The van der Waals surface area contributed by atoms with E-state index >= 15 is 0 Å². The van der Waals surface area contributed by atoms with Gasteiger partial charge in [-0.2, -0.15) is 8.42 Å². The van der Waals surface area contributed by atoms with Crippen LogP contribution in [0.1, 0.15) is 11.0 Å². The predicted molar refractivity (Wildman–Crippen MR) is 50.4 cm³/mol. The summed E-state index contributed by atoms with van der Waals surface area (Å²) in [5.41, 5.74) is 0.239. The van der Waals surface area contributed by atoms with Crippen LogP contribution in [0, 0.1) is 0 Å². The van der Waals surface area contributed by atoms with Gasteiger partial charge in [0.1, 0.15) is 10.7 Å². The third-order valence-electron chi connectivity index (χ3n) is 1.63. The summed E-state index contributed by atoms with van der Waals surface area (Å²) >= 11 is 0. The zero-order chi connectivity index (χ0) is 12.0. The van der Waals surface area contributed by atoms with Crippen LogP contribution in [0.4, 0.5) is 5.69 Å². The van der Waals surface area contributed by atoms with Crippen molar-refractivity contribution in [2.45, 2.75) is 11.7 Å². The van der Waals surface area contributed by atoms with Crippen molar-refractivity contribution in [2.75, 3.05) is 5.32 Å². The predicted octanol–water partition coefficient (Wildman–Crippen LogP) is 1.22. The summed E-state index contributed by atoms with van der Waals surface area (Å²) in [5, 5.41) is 2.50. The Labute approximate surface area is 80.6 Å². The number of anilines is 1. The third kappa shape index (κ3) is 1.31. The summed E-state index contributed by atoms with van der Waals surface area (Å²) in [7, 11) is -3.91. The van der Waals surface area contributed by atoms with Crippen LogP contribution in [-0.4, -0.2) is 14.3 Å². The van der Waals surface area contributed by atoms with Gasteiger partial charge in [0.2, 0.25) is 0 Å². The number of fused-ring (bicyclic) bond motifs is 1. The molecule has 68 valence electrons. The number of sulfonamides is 1. The van der Waals surface area contributed by atoms with E-state index in [0.717, 1.165) is 0 Å². The minimum Gasteiger partial charge on any atom is -0.342 e. The van der Waals surface area contributed by atoms with Gasteiger partial charge in [0.05, 0.1) is 5.69 Å². The molecule has 4 nitrogen and oxygen atoms in total. The maximum Gasteiger partial charge on any atom is 0.286 e. The number of amidine groups is 1. The number of hydrogen-bond acceptors (Lipinski definition) is 3. The molecular formula is C8H8N2O2S. The average molecular weight is 199 g/mol. The standard InChI is InChI=1S/C8H8N2O2S/c1-6-9-7-4-2-3-5-8(7)13(11,12)10-6/h2-5H,1H3,(H,9,10)/i1D3. The van der Waals surface area contributed by atoms with Crippen molar-refractivity contribution in [1.82, 2.24) is 0 Å². The molecule has 13 heavy (non-hydrogen) atoms. The van der Waals surface area contributed by atoms with Crippen LogP contribution in [0.5, 0.6) is 0 Å². The fourth-order valence-corrected chi connectivity index (χ4v) is 2.15. The molecule has 1 heterocycles. The molecule has 0 spiro atoms. The molecule has 1 aliphatic rings. The van der Waals surface area contributed by atoms with E-state index < -0.39 is 22.7 Å². The van der Waals surface area contributed by atoms with Gasteiger partial charge in [-0.15, -0.1) is 4.40 Å². The van der Waals surface area contributed by atoms with Gasteiger partial charge >= 0.3 is 0 Å². The van der Waals surface area contributed by atoms with Gasteiger partial charge < -0.3 is 5.32 Å². The molecule has 0 saturated carbocycles. The van der Waals surface area contributed by atoms with Gasteiger partial charge in [-0.1, -0.05) is 12.1 Å². The molecule has 0 aromatic heterocycles. The highest BCUT2D eigenvalue weighted by Gasteiger charge is 2.21. The number of nitrogens with one attached hydrogen (secondary N) is 1. The Hall–Kier alpha value is -1.36. The summed E-state index contributed by atoms with van der Waals surface area (Å²) in [6, 6.07) is 6.03. The number of para-hydroxylation sites is 1. The molecule has 0 radical (unpaired) electrons. The lowest BCUT2D eigenvalue weighted by molar-refractivity contribution is 0.598. The van der Waals surface area contributed by atoms with Gasteiger partial charge in [0.25, 0.3) is 10.0 Å². The maximum absolute atomic E-state index is 11.7. The zero-order valence-corrected chi connectivity index (χ0v) is 7.30. The van der Waals surface area contributed by atoms with Crippen LogP contribution in [0.3, 0.4) is 0 Å². The molecule has 1 aromatic carbocycles. The highest BCUT2D eigenvalue weighted by Crippen LogP contribution is 2.25. The van der Waals surface area contributed by atoms with Crippen LogP contribution in [0.15, 0.2) is 33.6 Å². The summed E-state index contributed by atoms with van der Waals surface area (Å²) in [6.07, 6.45) is 0. The number of benzene rings is 1. The van der Waals surface area contributed by atoms with E-state index in [1.165, 1.54) is 12.1 Å². The number of hydrogen-bond donors (Lipinski definition) is 1. The molecule has 1 aromatic rings. The molecule has 0 fully saturated rings. The van der Waals surface area contributed by atoms with Crippen LogP contribution in [0.25, 0.3) is 0 Å². The second-order valence-electron chi connectivity index (χ2n) is 2.54. The number of rotatable bonds is 0. The van der Waals surface area contributed by atoms with E-state index in [1.807, 2.05) is 0 Å². The Kier molecular flexibility index (Phi) is 1.06. The zero-order valence-electron chi connectivity index (χ0n) is 9.48. The highest BCUT2D eigenvalue weighted by molar-refractivity contribution is 7.90. The quantitative estimate of drug-likeness (QED) is 0.683. The lowest BCUT2D eigenvalue weighted by Gasteiger charge is -2.14. The van der Waals surface area contributed by atoms with Gasteiger partial charge in [0.15, 0.2) is 0 Å². The SMILES string of the molecule is [2H]C([2H])([2H])C1=NS(=O)(=O)c2ccccc2N1. The first-order chi connectivity index (χ1) is 7.31. The molecule has 1 N–H and O–H groups in total. The summed E-state index contributed by atoms with van der Waals surface area (Å²) < 4.78 is 47.9. The normalized spacial score (nSPS) is 22.8. The van der Waals surface area contributed by atoms with Gasteiger partial charge in [-0.25, -0.2) is 0 Å². The second kappa shape index (κ2) is 2.56. The fraction of sp³-hybridized carbons (Fsp3) is 0.125. The Morgan fingerprint density at radius 3 is 3.00 bits per heavy atom. The molecule has 0 atom stereocenters. The first-order valence-electron chi connectivity index (χ1n) is 5.02. The smallest absolute Gasteiger partial charge is 0.286 e. The van der Waals surface area contributed by atoms with Crippen LogP contribution in [0.2, 0.25) is 0 Å². The van der Waals surface area contributed by atoms with Crippen molar-refractivity contribution < 1.29 is 12.5 Å². The van der Waals surface area contributed by atoms with Crippen LogP contribution >= 0.6 is 0 Å². The van der Waals surface area contributed by atoms with E-state index in [0.29, 0.717) is 0 Å². The van der Waals surface area contributed by atoms with E-state index in [9.17, 15) is 8.42 Å². The Morgan fingerprint density at radius 1 is 1.46 bits per heavy atom. The van der Waals surface area contributed by atoms with Crippen LogP contribution in [-0.2, 0) is 10.0 Å². The Bertz CT molecular complexity index is 563. The molecule has 0 bridgehead atoms. The topological polar surface area (TPSA) is 58.5 Å². The minimum absolute atomic E-state index is 0.0111. The second-order valence-corrected chi connectivity index (χ2v) is 4.11. The van der Waals surface area contributed by atoms with Crippen molar-refractivity contribution >= 4 is 21.5 Å². The van der Waals surface area contributed by atoms with Crippen molar-refractivity contribution in [3.8, 4) is 0 Å². The minimum atomic E-state index is -3.91. The fourth-order valence-electron chi connectivity index (χ4n) is 1.11. The first-order valence-corrected chi connectivity index (χ1v) is 4.96. The van der Waals surface area contributed by atoms with Crippen LogP contribution < -0.4 is 5.32 Å². The van der Waals surface area contributed by atoms with Crippen molar-refractivity contribution in [1.29, 1.82) is 0 Å². The molecule has 0 aliphatic carbocycles. The maximum atomic E-state index is 11.7. The average Bonchev–Trinajstić information content (AvgIpc) is 2.15. The molecule has 0 saturated heterocycles. The summed E-state index contributed by atoms with van der Waals surface area (Å²) in [5.74, 6) is -0.522. The van der Waals surface area contributed by atoms with Crippen molar-refractivity contribution in [2.24, 2.45) is 4.40 Å². The van der Waals surface area contributed by atoms with Gasteiger partial charge in [-0.3, -0.25) is 0 Å². The lowest BCUT2D eigenvalue weighted by Crippen LogP contribution is -2.18. The van der Waals surface area contributed by atoms with Gasteiger partial charge in [0, 0.05) is 4.11 Å². The highest BCUT2D eigenvalue weighted by atomic mass is 32.2. The largest absolute Gasteiger partial charge is 0.342 e. The van der Waals surface area contributed by atoms with E-state index in [4.69, 9.17) is 4.11 Å². The van der Waals surface area contributed by atoms with E-state index in [1.54, 1.807) is 12.1 Å². The third-order valence-corrected chi connectivity index (χ3v) is 2.96. The van der Waals surface area contributed by atoms with Gasteiger partial charge in [-0.05, 0) is 19.0 Å². The summed E-state index contributed by atoms with van der Waals surface area (Å²) in [4.78, 5) is -0.0111. The monoisotopic (exact) mass is 199 g/mol. The molecule has 2 rings (SSSR count). The van der Waals surface area contributed by atoms with Crippen molar-refractivity contribution in [3.05, 3.63) is 24.3 Å². The first kappa shape index (κ1) is 5.39. The van der Waals surface area contributed by atoms with Crippen molar-refractivity contribution in [3.63, 3.8) is 0 Å². The lowest BCUT2D eigenvalue weighted by atomic mass is 10.3. The molecular weight excluding hydrogens is 188 g/mol. The molecule has 0 unspecified atom stereocenters. The Balaban J connectivity index is 2.61. The Morgan fingerprint density at radius 2 is 2.23 bits per heavy atom. The number of nitrogens with zero attached hydrogens (tertiary/aromatic N) is 1.